The van der Waals surface area contributed by atoms with E-state index in [1.165, 1.54) is 43.1 Å². The standard InChI is InChI=1S/C14H17NO3S/c16-13(17)8-6-11-5-7-12(19-11)14(18)15-9-10-3-1-2-4-10/h5-8,10H,1-4,9H2,(H,15,18)(H,16,17)/b8-6+. The van der Waals surface area contributed by atoms with Gasteiger partial charge in [-0.2, -0.15) is 0 Å². The maximum Gasteiger partial charge on any atom is 0.328 e. The third kappa shape index (κ3) is 4.21. The van der Waals surface area contributed by atoms with Crippen molar-refractivity contribution in [3.63, 3.8) is 0 Å². The molecular weight excluding hydrogens is 262 g/mol. The van der Waals surface area contributed by atoms with Crippen molar-refractivity contribution in [2.24, 2.45) is 5.92 Å². The Labute approximate surface area is 116 Å². The maximum atomic E-state index is 11.9. The minimum atomic E-state index is -0.986. The van der Waals surface area contributed by atoms with Gasteiger partial charge in [0.15, 0.2) is 0 Å². The summed E-state index contributed by atoms with van der Waals surface area (Å²) >= 11 is 1.30. The number of nitrogens with one attached hydrogen (secondary N) is 1. The van der Waals surface area contributed by atoms with Gasteiger partial charge in [0.25, 0.3) is 5.91 Å². The molecule has 1 aliphatic carbocycles. The molecule has 1 saturated carbocycles. The number of thiophene rings is 1. The molecule has 0 atom stereocenters. The molecule has 1 aliphatic rings. The molecule has 0 saturated heterocycles. The van der Waals surface area contributed by atoms with Crippen LogP contribution in [0.5, 0.6) is 0 Å². The topological polar surface area (TPSA) is 66.4 Å². The molecule has 1 fully saturated rings. The zero-order valence-electron chi connectivity index (χ0n) is 10.6. The van der Waals surface area contributed by atoms with Crippen LogP contribution >= 0.6 is 11.3 Å². The van der Waals surface area contributed by atoms with Crippen molar-refractivity contribution in [2.45, 2.75) is 25.7 Å². The molecule has 1 heterocycles. The van der Waals surface area contributed by atoms with Gasteiger partial charge in [0, 0.05) is 17.5 Å². The van der Waals surface area contributed by atoms with Crippen LogP contribution in [0.4, 0.5) is 0 Å². The van der Waals surface area contributed by atoms with Gasteiger partial charge in [0.2, 0.25) is 0 Å². The smallest absolute Gasteiger partial charge is 0.328 e. The lowest BCUT2D eigenvalue weighted by Gasteiger charge is -2.09. The summed E-state index contributed by atoms with van der Waals surface area (Å²) in [7, 11) is 0. The van der Waals surface area contributed by atoms with Crippen molar-refractivity contribution >= 4 is 29.3 Å². The van der Waals surface area contributed by atoms with Crippen LogP contribution in [0.3, 0.4) is 0 Å². The molecule has 0 spiro atoms. The summed E-state index contributed by atoms with van der Waals surface area (Å²) in [5, 5.41) is 11.5. The second-order valence-electron chi connectivity index (χ2n) is 4.73. The van der Waals surface area contributed by atoms with Gasteiger partial charge in [-0.3, -0.25) is 4.79 Å². The number of rotatable bonds is 5. The van der Waals surface area contributed by atoms with Gasteiger partial charge in [0.1, 0.15) is 0 Å². The van der Waals surface area contributed by atoms with E-state index < -0.39 is 5.97 Å². The Kier molecular flexibility index (Phi) is 4.74. The molecule has 1 aromatic heterocycles. The summed E-state index contributed by atoms with van der Waals surface area (Å²) in [6, 6.07) is 3.49. The van der Waals surface area contributed by atoms with E-state index in [9.17, 15) is 9.59 Å². The Hall–Kier alpha value is -1.62. The molecule has 4 nitrogen and oxygen atoms in total. The predicted octanol–water partition coefficient (Wildman–Crippen LogP) is 2.77. The molecule has 0 aromatic carbocycles. The van der Waals surface area contributed by atoms with Crippen LogP contribution in [0.1, 0.15) is 40.2 Å². The first-order valence-corrected chi connectivity index (χ1v) is 7.26. The largest absolute Gasteiger partial charge is 0.478 e. The monoisotopic (exact) mass is 279 g/mol. The number of carboxylic acid groups (broad SMARTS) is 1. The van der Waals surface area contributed by atoms with Gasteiger partial charge >= 0.3 is 5.97 Å². The van der Waals surface area contributed by atoms with E-state index >= 15 is 0 Å². The maximum absolute atomic E-state index is 11.9. The third-order valence-corrected chi connectivity index (χ3v) is 4.32. The van der Waals surface area contributed by atoms with E-state index in [4.69, 9.17) is 5.11 Å². The van der Waals surface area contributed by atoms with Crippen LogP contribution in [0, 0.1) is 5.92 Å². The number of aliphatic carboxylic acids is 1. The van der Waals surface area contributed by atoms with Crippen LogP contribution in [-0.4, -0.2) is 23.5 Å². The Morgan fingerprint density at radius 2 is 2.11 bits per heavy atom. The summed E-state index contributed by atoms with van der Waals surface area (Å²) in [5.74, 6) is -0.428. The van der Waals surface area contributed by atoms with Crippen molar-refractivity contribution in [1.29, 1.82) is 0 Å². The Balaban J connectivity index is 1.86. The molecule has 2 rings (SSSR count). The molecule has 0 radical (unpaired) electrons. The van der Waals surface area contributed by atoms with Crippen molar-refractivity contribution in [2.75, 3.05) is 6.54 Å². The van der Waals surface area contributed by atoms with Crippen molar-refractivity contribution in [1.82, 2.24) is 5.32 Å². The van der Waals surface area contributed by atoms with Crippen LogP contribution in [-0.2, 0) is 4.79 Å². The van der Waals surface area contributed by atoms with Gasteiger partial charge in [0.05, 0.1) is 4.88 Å². The van der Waals surface area contributed by atoms with E-state index in [0.717, 1.165) is 17.5 Å². The predicted molar refractivity (Wildman–Crippen MR) is 75.3 cm³/mol. The lowest BCUT2D eigenvalue weighted by molar-refractivity contribution is -0.131. The number of carboxylic acids is 1. The highest BCUT2D eigenvalue weighted by atomic mass is 32.1. The summed E-state index contributed by atoms with van der Waals surface area (Å²) < 4.78 is 0. The van der Waals surface area contributed by atoms with Crippen LogP contribution in [0.25, 0.3) is 6.08 Å². The normalized spacial score (nSPS) is 16.0. The number of hydrogen-bond acceptors (Lipinski definition) is 3. The van der Waals surface area contributed by atoms with Gasteiger partial charge in [-0.15, -0.1) is 11.3 Å². The first-order chi connectivity index (χ1) is 9.15. The second kappa shape index (κ2) is 6.52. The zero-order valence-corrected chi connectivity index (χ0v) is 11.4. The lowest BCUT2D eigenvalue weighted by atomic mass is 10.1. The SMILES string of the molecule is O=C(O)/C=C/c1ccc(C(=O)NCC2CCCC2)s1. The van der Waals surface area contributed by atoms with E-state index in [1.807, 2.05) is 0 Å². The average molecular weight is 279 g/mol. The van der Waals surface area contributed by atoms with E-state index in [2.05, 4.69) is 5.32 Å². The molecule has 102 valence electrons. The van der Waals surface area contributed by atoms with Crippen molar-refractivity contribution < 1.29 is 14.7 Å². The number of hydrogen-bond donors (Lipinski definition) is 2. The fraction of sp³-hybridized carbons (Fsp3) is 0.429. The first-order valence-electron chi connectivity index (χ1n) is 6.44. The highest BCUT2D eigenvalue weighted by molar-refractivity contribution is 7.14. The molecule has 19 heavy (non-hydrogen) atoms. The third-order valence-electron chi connectivity index (χ3n) is 3.27. The first kappa shape index (κ1) is 13.8. The Morgan fingerprint density at radius 1 is 1.37 bits per heavy atom. The van der Waals surface area contributed by atoms with Gasteiger partial charge in [-0.25, -0.2) is 4.79 Å². The molecule has 0 aliphatic heterocycles. The molecule has 5 heteroatoms. The average Bonchev–Trinajstić information content (AvgIpc) is 3.04. The molecule has 2 N–H and O–H groups in total. The molecule has 1 aromatic rings. The van der Waals surface area contributed by atoms with Crippen LogP contribution < -0.4 is 5.32 Å². The Morgan fingerprint density at radius 3 is 2.79 bits per heavy atom. The highest BCUT2D eigenvalue weighted by Crippen LogP contribution is 2.24. The molecule has 0 unspecified atom stereocenters. The van der Waals surface area contributed by atoms with E-state index in [1.54, 1.807) is 12.1 Å². The van der Waals surface area contributed by atoms with Gasteiger partial charge in [-0.05, 0) is 37.0 Å². The Bertz CT molecular complexity index is 487. The fourth-order valence-electron chi connectivity index (χ4n) is 2.26. The van der Waals surface area contributed by atoms with E-state index in [-0.39, 0.29) is 5.91 Å². The zero-order chi connectivity index (χ0) is 13.7. The number of carbonyl (C=O) groups excluding carboxylic acids is 1. The van der Waals surface area contributed by atoms with Crippen LogP contribution in [0.15, 0.2) is 18.2 Å². The highest BCUT2D eigenvalue weighted by Gasteiger charge is 2.16. The lowest BCUT2D eigenvalue weighted by Crippen LogP contribution is -2.27. The summed E-state index contributed by atoms with van der Waals surface area (Å²) in [4.78, 5) is 23.7. The summed E-state index contributed by atoms with van der Waals surface area (Å²) in [6.07, 6.45) is 7.52. The van der Waals surface area contributed by atoms with Gasteiger partial charge < -0.3 is 10.4 Å². The quantitative estimate of drug-likeness (QED) is 0.814. The number of carbonyl (C=O) groups is 2. The van der Waals surface area contributed by atoms with Gasteiger partial charge in [-0.1, -0.05) is 12.8 Å². The van der Waals surface area contributed by atoms with Crippen molar-refractivity contribution in [3.05, 3.63) is 28.0 Å². The fourth-order valence-corrected chi connectivity index (χ4v) is 3.08. The second-order valence-corrected chi connectivity index (χ2v) is 5.85. The molecular formula is C14H17NO3S. The summed E-state index contributed by atoms with van der Waals surface area (Å²) in [6.45, 7) is 0.747. The minimum absolute atomic E-state index is 0.0631. The summed E-state index contributed by atoms with van der Waals surface area (Å²) in [5.41, 5.74) is 0. The van der Waals surface area contributed by atoms with Crippen molar-refractivity contribution in [3.8, 4) is 0 Å². The molecule has 1 amide bonds. The minimum Gasteiger partial charge on any atom is -0.478 e. The van der Waals surface area contributed by atoms with E-state index in [0.29, 0.717) is 10.8 Å². The molecule has 0 bridgehead atoms. The number of amides is 1. The van der Waals surface area contributed by atoms with Crippen LogP contribution in [0.2, 0.25) is 0 Å².